The number of allylic oxidation sites excluding steroid dienone is 4. The molecule has 1 N–H and O–H groups in total. The lowest BCUT2D eigenvalue weighted by atomic mass is 9.77. The van der Waals surface area contributed by atoms with Crippen LogP contribution in [0.5, 0.6) is 0 Å². The Labute approximate surface area is 245 Å². The average molecular weight is 556 g/mol. The molecule has 1 aromatic heterocycles. The Kier molecular flexibility index (Phi) is 16.3. The maximum Gasteiger partial charge on any atom is 0.172 e. The van der Waals surface area contributed by atoms with Crippen LogP contribution in [0.15, 0.2) is 47.1 Å². The molecule has 0 bridgehead atoms. The Morgan fingerprint density at radius 1 is 0.711 bits per heavy atom. The van der Waals surface area contributed by atoms with Gasteiger partial charge in [-0.2, -0.15) is 0 Å². The highest BCUT2D eigenvalue weighted by atomic mass is 32.1. The van der Waals surface area contributed by atoms with E-state index >= 15 is 0 Å². The molecule has 1 aromatic rings. The average Bonchev–Trinajstić information content (AvgIpc) is 2.92. The predicted octanol–water partition coefficient (Wildman–Crippen LogP) is 10.2. The van der Waals surface area contributed by atoms with Gasteiger partial charge in [0.05, 0.1) is 0 Å². The second kappa shape index (κ2) is 18.8. The number of hydrogen-bond acceptors (Lipinski definition) is 3. The molecule has 1 aliphatic heterocycles. The molecule has 0 aromatic carbocycles. The fourth-order valence-electron chi connectivity index (χ4n) is 5.79. The van der Waals surface area contributed by atoms with Crippen LogP contribution in [0.3, 0.4) is 0 Å². The van der Waals surface area contributed by atoms with Crippen molar-refractivity contribution in [2.24, 2.45) is 0 Å². The first-order valence-corrected chi connectivity index (χ1v) is 16.5. The number of rotatable bonds is 20. The van der Waals surface area contributed by atoms with Crippen LogP contribution in [0, 0.1) is 0 Å². The van der Waals surface area contributed by atoms with Crippen molar-refractivity contribution in [1.29, 1.82) is 0 Å². The summed E-state index contributed by atoms with van der Waals surface area (Å²) in [6, 6.07) is 4.46. The van der Waals surface area contributed by atoms with Crippen molar-refractivity contribution in [3.63, 3.8) is 0 Å². The summed E-state index contributed by atoms with van der Waals surface area (Å²) in [4.78, 5) is 2.07. The zero-order chi connectivity index (χ0) is 27.8. The Balaban J connectivity index is 1.84. The van der Waals surface area contributed by atoms with Gasteiger partial charge in [-0.05, 0) is 50.3 Å². The lowest BCUT2D eigenvalue weighted by Gasteiger charge is -2.32. The van der Waals surface area contributed by atoms with E-state index in [1.807, 2.05) is 0 Å². The second-order valence-corrected chi connectivity index (χ2v) is 12.1. The SMILES string of the molecule is CCCCCCCCCCCCCCCC[n+]1cccc(C2C(C(=S)CC)=C(C)NC(C)=C2C(=S)CC)c1. The molecule has 0 unspecified atom stereocenters. The van der Waals surface area contributed by atoms with Crippen molar-refractivity contribution in [3.8, 4) is 0 Å². The molecular weight excluding hydrogens is 501 g/mol. The summed E-state index contributed by atoms with van der Waals surface area (Å²) < 4.78 is 2.38. The Morgan fingerprint density at radius 2 is 1.16 bits per heavy atom. The number of nitrogens with one attached hydrogen (secondary N) is 1. The number of pyridine rings is 1. The molecule has 0 spiro atoms. The first kappa shape index (κ1) is 32.8. The van der Waals surface area contributed by atoms with Crippen LogP contribution in [0.25, 0.3) is 0 Å². The smallest absolute Gasteiger partial charge is 0.172 e. The third-order valence-electron chi connectivity index (χ3n) is 7.99. The van der Waals surface area contributed by atoms with E-state index in [9.17, 15) is 0 Å². The molecule has 2 rings (SSSR count). The molecule has 0 radical (unpaired) electrons. The summed E-state index contributed by atoms with van der Waals surface area (Å²) in [6.07, 6.45) is 25.8. The zero-order valence-electron chi connectivity index (χ0n) is 25.2. The molecule has 1 aliphatic rings. The van der Waals surface area contributed by atoms with Gasteiger partial charge in [0.1, 0.15) is 6.54 Å². The number of thiocarbonyl (C=S) groups is 2. The number of nitrogens with zero attached hydrogens (tertiary/aromatic N) is 1. The largest absolute Gasteiger partial charge is 0.362 e. The van der Waals surface area contributed by atoms with Crippen LogP contribution in [0.2, 0.25) is 0 Å². The molecule has 0 fully saturated rings. The number of aryl methyl sites for hydroxylation is 1. The maximum atomic E-state index is 5.88. The molecule has 0 atom stereocenters. The zero-order valence-corrected chi connectivity index (χ0v) is 26.8. The molecular formula is C34H55N2S2+. The van der Waals surface area contributed by atoms with Gasteiger partial charge in [-0.3, -0.25) is 0 Å². The summed E-state index contributed by atoms with van der Waals surface area (Å²) in [5.74, 6) is 0.125. The van der Waals surface area contributed by atoms with Gasteiger partial charge in [0, 0.05) is 45.1 Å². The van der Waals surface area contributed by atoms with E-state index in [0.29, 0.717) is 0 Å². The van der Waals surface area contributed by atoms with Crippen molar-refractivity contribution in [1.82, 2.24) is 5.32 Å². The summed E-state index contributed by atoms with van der Waals surface area (Å²) in [5.41, 5.74) is 6.13. The van der Waals surface area contributed by atoms with Crippen molar-refractivity contribution in [2.75, 3.05) is 0 Å². The first-order chi connectivity index (χ1) is 18.4. The van der Waals surface area contributed by atoms with Gasteiger partial charge in [0.2, 0.25) is 0 Å². The summed E-state index contributed by atoms with van der Waals surface area (Å²) in [7, 11) is 0. The molecule has 38 heavy (non-hydrogen) atoms. The number of dihydropyridines is 1. The fraction of sp³-hybridized carbons (Fsp3) is 0.676. The van der Waals surface area contributed by atoms with Crippen molar-refractivity contribution >= 4 is 34.2 Å². The minimum Gasteiger partial charge on any atom is -0.362 e. The third-order valence-corrected chi connectivity index (χ3v) is 9.00. The highest BCUT2D eigenvalue weighted by Crippen LogP contribution is 2.40. The predicted molar refractivity (Wildman–Crippen MR) is 174 cm³/mol. The van der Waals surface area contributed by atoms with Crippen molar-refractivity contribution < 1.29 is 4.57 Å². The van der Waals surface area contributed by atoms with E-state index < -0.39 is 0 Å². The van der Waals surface area contributed by atoms with Crippen LogP contribution in [0.4, 0.5) is 0 Å². The number of unbranched alkanes of at least 4 members (excludes halogenated alkanes) is 13. The van der Waals surface area contributed by atoms with Gasteiger partial charge >= 0.3 is 0 Å². The van der Waals surface area contributed by atoms with Crippen LogP contribution in [0.1, 0.15) is 149 Å². The van der Waals surface area contributed by atoms with Crippen LogP contribution in [-0.4, -0.2) is 9.73 Å². The molecule has 0 aliphatic carbocycles. The van der Waals surface area contributed by atoms with E-state index in [-0.39, 0.29) is 5.92 Å². The lowest BCUT2D eigenvalue weighted by molar-refractivity contribution is -0.697. The van der Waals surface area contributed by atoms with Crippen LogP contribution in [-0.2, 0) is 6.54 Å². The summed E-state index contributed by atoms with van der Waals surface area (Å²) >= 11 is 11.8. The first-order valence-electron chi connectivity index (χ1n) is 15.7. The monoisotopic (exact) mass is 555 g/mol. The number of aromatic nitrogens is 1. The van der Waals surface area contributed by atoms with Crippen molar-refractivity contribution in [2.45, 2.75) is 150 Å². The highest BCUT2D eigenvalue weighted by molar-refractivity contribution is 7.81. The quantitative estimate of drug-likeness (QED) is 0.0979. The van der Waals surface area contributed by atoms with E-state index in [4.69, 9.17) is 24.4 Å². The third kappa shape index (κ3) is 10.6. The highest BCUT2D eigenvalue weighted by Gasteiger charge is 2.33. The summed E-state index contributed by atoms with van der Waals surface area (Å²) in [6.45, 7) is 12.0. The lowest BCUT2D eigenvalue weighted by Crippen LogP contribution is -2.35. The maximum absolute atomic E-state index is 5.88. The molecule has 0 saturated heterocycles. The molecule has 0 amide bonds. The number of hydrogen-bond donors (Lipinski definition) is 1. The molecule has 2 heterocycles. The van der Waals surface area contributed by atoms with E-state index in [1.165, 1.54) is 118 Å². The molecule has 0 saturated carbocycles. The van der Waals surface area contributed by atoms with Gasteiger partial charge < -0.3 is 5.32 Å². The standard InChI is InChI=1S/C34H54N2S2/c1-6-9-10-11-12-13-14-15-16-17-18-19-20-21-24-36-25-22-23-29(26-36)34-32(30(37)7-2)27(4)35-28(5)33(34)31(38)8-3/h22-23,25-26,34H,6-21,24H2,1-5H3/p+1. The van der Waals surface area contributed by atoms with Crippen LogP contribution >= 0.6 is 24.4 Å². The Bertz CT molecular complexity index is 906. The van der Waals surface area contributed by atoms with E-state index in [2.05, 4.69) is 69.0 Å². The van der Waals surface area contributed by atoms with Gasteiger partial charge in [0.25, 0.3) is 0 Å². The van der Waals surface area contributed by atoms with Crippen LogP contribution < -0.4 is 9.88 Å². The van der Waals surface area contributed by atoms with E-state index in [0.717, 1.165) is 29.1 Å². The van der Waals surface area contributed by atoms with Gasteiger partial charge in [-0.25, -0.2) is 4.57 Å². The Morgan fingerprint density at radius 3 is 1.61 bits per heavy atom. The van der Waals surface area contributed by atoms with Gasteiger partial charge in [-0.1, -0.05) is 122 Å². The minimum absolute atomic E-state index is 0.125. The molecule has 212 valence electrons. The second-order valence-electron chi connectivity index (χ2n) is 11.2. The summed E-state index contributed by atoms with van der Waals surface area (Å²) in [5, 5.41) is 3.58. The fourth-order valence-corrected chi connectivity index (χ4v) is 6.33. The topological polar surface area (TPSA) is 15.9 Å². The normalized spacial score (nSPS) is 14.2. The molecule has 2 nitrogen and oxygen atoms in total. The van der Waals surface area contributed by atoms with Crippen molar-refractivity contribution in [3.05, 3.63) is 52.6 Å². The minimum atomic E-state index is 0.125. The molecule has 4 heteroatoms. The van der Waals surface area contributed by atoms with Gasteiger partial charge in [-0.15, -0.1) is 0 Å². The van der Waals surface area contributed by atoms with E-state index in [1.54, 1.807) is 0 Å². The van der Waals surface area contributed by atoms with Gasteiger partial charge in [0.15, 0.2) is 12.4 Å². The Hall–Kier alpha value is -1.39.